The number of halogens is 3. The third kappa shape index (κ3) is 5.74. The Bertz CT molecular complexity index is 1190. The molecule has 11 heteroatoms. The van der Waals surface area contributed by atoms with Crippen LogP contribution in [0.2, 0.25) is 0 Å². The Morgan fingerprint density at radius 3 is 2.59 bits per heavy atom. The molecule has 2 heterocycles. The molecule has 0 aliphatic heterocycles. The number of hydrogen-bond donors (Lipinski definition) is 2. The lowest BCUT2D eigenvalue weighted by Crippen LogP contribution is -2.30. The lowest BCUT2D eigenvalue weighted by Gasteiger charge is -2.14. The molecule has 2 aromatic heterocycles. The summed E-state index contributed by atoms with van der Waals surface area (Å²) in [5.74, 6) is -1.46. The summed E-state index contributed by atoms with van der Waals surface area (Å²) in [6.07, 6.45) is 3.03. The number of amides is 1. The monoisotopic (exact) mass is 507 g/mol. The normalized spacial score (nSPS) is 10.8. The van der Waals surface area contributed by atoms with Gasteiger partial charge in [-0.25, -0.2) is 8.78 Å². The number of nitrogens with two attached hydrogens (primary N) is 1. The van der Waals surface area contributed by atoms with Crippen molar-refractivity contribution in [1.29, 1.82) is 0 Å². The van der Waals surface area contributed by atoms with Gasteiger partial charge in [0.15, 0.2) is 0 Å². The average molecular weight is 508 g/mol. The van der Waals surface area contributed by atoms with Gasteiger partial charge in [-0.2, -0.15) is 0 Å². The van der Waals surface area contributed by atoms with E-state index < -0.39 is 11.6 Å². The fraction of sp³-hybridized carbons (Fsp3) is 0.238. The number of aryl methyl sites for hydroxylation is 1. The molecule has 3 rings (SSSR count). The third-order valence-electron chi connectivity index (χ3n) is 4.54. The number of nitrogens with zero attached hydrogens (tertiary/aromatic N) is 3. The van der Waals surface area contributed by atoms with Crippen LogP contribution in [0.4, 0.5) is 8.78 Å². The molecule has 0 radical (unpaired) electrons. The first kappa shape index (κ1) is 23.5. The topological polar surface area (TPSA) is 112 Å². The Morgan fingerprint density at radius 2 is 1.94 bits per heavy atom. The SMILES string of the molecule is Cc1cc(OCc2ccc(F)cc2F)c(Br)c(=O)n1Cc1cnc(CNC(=O)CN)cn1. The van der Waals surface area contributed by atoms with E-state index in [1.807, 2.05) is 0 Å². The highest BCUT2D eigenvalue weighted by atomic mass is 79.9. The van der Waals surface area contributed by atoms with Gasteiger partial charge in [-0.1, -0.05) is 0 Å². The van der Waals surface area contributed by atoms with Crippen LogP contribution in [-0.2, 0) is 24.5 Å². The molecule has 3 N–H and O–H groups in total. The minimum Gasteiger partial charge on any atom is -0.487 e. The maximum Gasteiger partial charge on any atom is 0.269 e. The zero-order chi connectivity index (χ0) is 23.3. The summed E-state index contributed by atoms with van der Waals surface area (Å²) < 4.78 is 34.1. The van der Waals surface area contributed by atoms with E-state index in [9.17, 15) is 18.4 Å². The summed E-state index contributed by atoms with van der Waals surface area (Å²) in [4.78, 5) is 32.5. The highest BCUT2D eigenvalue weighted by Crippen LogP contribution is 2.24. The minimum absolute atomic E-state index is 0.110. The largest absolute Gasteiger partial charge is 0.487 e. The standard InChI is InChI=1S/C21H20BrF2N5O3/c1-12-4-18(32-11-13-2-3-14(23)5-17(13)24)20(22)21(31)29(12)10-16-9-26-15(7-27-16)8-28-19(30)6-25/h2-5,7,9H,6,8,10-11,25H2,1H3,(H,28,30). The number of carbonyl (C=O) groups excluding carboxylic acids is 1. The second-order valence-corrected chi connectivity index (χ2v) is 7.65. The molecule has 0 fully saturated rings. The van der Waals surface area contributed by atoms with Gasteiger partial charge in [-0.05, 0) is 35.0 Å². The van der Waals surface area contributed by atoms with Crippen molar-refractivity contribution in [2.24, 2.45) is 5.73 Å². The number of pyridine rings is 1. The van der Waals surface area contributed by atoms with Crippen LogP contribution in [0.5, 0.6) is 5.75 Å². The van der Waals surface area contributed by atoms with Gasteiger partial charge >= 0.3 is 0 Å². The van der Waals surface area contributed by atoms with Gasteiger partial charge in [0.05, 0.1) is 43.4 Å². The second-order valence-electron chi connectivity index (χ2n) is 6.86. The molecule has 168 valence electrons. The molecular weight excluding hydrogens is 488 g/mol. The lowest BCUT2D eigenvalue weighted by atomic mass is 10.2. The van der Waals surface area contributed by atoms with Crippen LogP contribution in [0.15, 0.2) is 45.9 Å². The second kappa shape index (κ2) is 10.4. The fourth-order valence-corrected chi connectivity index (χ4v) is 3.23. The van der Waals surface area contributed by atoms with E-state index in [1.54, 1.807) is 13.0 Å². The maximum atomic E-state index is 13.8. The van der Waals surface area contributed by atoms with Gasteiger partial charge in [0.2, 0.25) is 5.91 Å². The molecule has 0 saturated carbocycles. The van der Waals surface area contributed by atoms with Crippen molar-refractivity contribution >= 4 is 21.8 Å². The summed E-state index contributed by atoms with van der Waals surface area (Å²) in [5, 5.41) is 2.60. The number of rotatable bonds is 8. The van der Waals surface area contributed by atoms with E-state index in [4.69, 9.17) is 10.5 Å². The molecular formula is C21H20BrF2N5O3. The average Bonchev–Trinajstić information content (AvgIpc) is 2.78. The van der Waals surface area contributed by atoms with Gasteiger partial charge in [-0.3, -0.25) is 19.6 Å². The first-order valence-corrected chi connectivity index (χ1v) is 10.3. The van der Waals surface area contributed by atoms with Gasteiger partial charge in [0.25, 0.3) is 5.56 Å². The van der Waals surface area contributed by atoms with Crippen molar-refractivity contribution in [3.63, 3.8) is 0 Å². The number of aromatic nitrogens is 3. The number of nitrogens with one attached hydrogen (secondary N) is 1. The van der Waals surface area contributed by atoms with Gasteiger partial charge in [0.1, 0.15) is 28.5 Å². The fourth-order valence-electron chi connectivity index (χ4n) is 2.79. The van der Waals surface area contributed by atoms with E-state index in [2.05, 4.69) is 31.2 Å². The van der Waals surface area contributed by atoms with Gasteiger partial charge < -0.3 is 20.4 Å². The Morgan fingerprint density at radius 1 is 1.22 bits per heavy atom. The van der Waals surface area contributed by atoms with Gasteiger partial charge in [-0.15, -0.1) is 0 Å². The molecule has 3 aromatic rings. The summed E-state index contributed by atoms with van der Waals surface area (Å²) in [7, 11) is 0. The quantitative estimate of drug-likeness (QED) is 0.483. The van der Waals surface area contributed by atoms with E-state index in [1.165, 1.54) is 23.0 Å². The van der Waals surface area contributed by atoms with Crippen molar-refractivity contribution in [2.75, 3.05) is 6.54 Å². The van der Waals surface area contributed by atoms with Crippen LogP contribution in [0.3, 0.4) is 0 Å². The minimum atomic E-state index is -0.726. The first-order chi connectivity index (χ1) is 15.3. The van der Waals surface area contributed by atoms with E-state index >= 15 is 0 Å². The van der Waals surface area contributed by atoms with E-state index in [0.717, 1.165) is 12.1 Å². The molecule has 0 atom stereocenters. The molecule has 0 bridgehead atoms. The Labute approximate surface area is 190 Å². The smallest absolute Gasteiger partial charge is 0.269 e. The van der Waals surface area contributed by atoms with Crippen molar-refractivity contribution in [3.05, 3.63) is 85.8 Å². The Hall–Kier alpha value is -3.18. The van der Waals surface area contributed by atoms with Gasteiger partial charge in [0, 0.05) is 23.4 Å². The predicted molar refractivity (Wildman–Crippen MR) is 116 cm³/mol. The number of hydrogen-bond acceptors (Lipinski definition) is 6. The first-order valence-electron chi connectivity index (χ1n) is 9.51. The number of benzene rings is 1. The summed E-state index contributed by atoms with van der Waals surface area (Å²) >= 11 is 3.24. The van der Waals surface area contributed by atoms with Crippen LogP contribution in [0, 0.1) is 18.6 Å². The van der Waals surface area contributed by atoms with E-state index in [0.29, 0.717) is 17.1 Å². The third-order valence-corrected chi connectivity index (χ3v) is 5.27. The van der Waals surface area contributed by atoms with Crippen LogP contribution in [-0.4, -0.2) is 27.0 Å². The number of ether oxygens (including phenoxy) is 1. The number of carbonyl (C=O) groups is 1. The molecule has 0 saturated heterocycles. The van der Waals surface area contributed by atoms with Crippen molar-refractivity contribution in [3.8, 4) is 5.75 Å². The van der Waals surface area contributed by atoms with E-state index in [-0.39, 0.29) is 53.5 Å². The molecule has 1 amide bonds. The molecule has 0 aliphatic rings. The summed E-state index contributed by atoms with van der Waals surface area (Å²) in [6, 6.07) is 4.83. The zero-order valence-corrected chi connectivity index (χ0v) is 18.7. The molecule has 0 aliphatic carbocycles. The molecule has 32 heavy (non-hydrogen) atoms. The highest BCUT2D eigenvalue weighted by Gasteiger charge is 2.14. The van der Waals surface area contributed by atoms with Crippen LogP contribution >= 0.6 is 15.9 Å². The molecule has 8 nitrogen and oxygen atoms in total. The van der Waals surface area contributed by atoms with Crippen LogP contribution in [0.25, 0.3) is 0 Å². The summed E-state index contributed by atoms with van der Waals surface area (Å²) in [5.41, 5.74) is 6.72. The molecule has 0 spiro atoms. The molecule has 0 unspecified atom stereocenters. The van der Waals surface area contributed by atoms with Crippen molar-refractivity contribution < 1.29 is 18.3 Å². The predicted octanol–water partition coefficient (Wildman–Crippen LogP) is 2.19. The molecule has 1 aromatic carbocycles. The highest BCUT2D eigenvalue weighted by molar-refractivity contribution is 9.10. The van der Waals surface area contributed by atoms with Crippen molar-refractivity contribution in [1.82, 2.24) is 19.9 Å². The summed E-state index contributed by atoms with van der Waals surface area (Å²) in [6.45, 7) is 1.82. The van der Waals surface area contributed by atoms with Crippen molar-refractivity contribution in [2.45, 2.75) is 26.6 Å². The Balaban J connectivity index is 1.72. The lowest BCUT2D eigenvalue weighted by molar-refractivity contribution is -0.119. The van der Waals surface area contributed by atoms with Crippen LogP contribution in [0.1, 0.15) is 22.6 Å². The van der Waals surface area contributed by atoms with Crippen LogP contribution < -0.4 is 21.3 Å². The maximum absolute atomic E-state index is 13.8. The zero-order valence-electron chi connectivity index (χ0n) is 17.1. The Kier molecular flexibility index (Phi) is 7.65.